The smallest absolute Gasteiger partial charge is 0.303 e. The van der Waals surface area contributed by atoms with Crippen molar-refractivity contribution < 1.29 is 14.6 Å². The first-order valence-corrected chi connectivity index (χ1v) is 6.11. The van der Waals surface area contributed by atoms with Gasteiger partial charge in [0.2, 0.25) is 0 Å². The first kappa shape index (κ1) is 12.0. The Morgan fingerprint density at radius 3 is 3.12 bits per heavy atom. The molecule has 1 aromatic carbocycles. The fourth-order valence-electron chi connectivity index (χ4n) is 2.31. The molecule has 92 valence electrons. The second kappa shape index (κ2) is 5.21. The van der Waals surface area contributed by atoms with Gasteiger partial charge in [-0.25, -0.2) is 0 Å². The van der Waals surface area contributed by atoms with E-state index < -0.39 is 5.97 Å². The van der Waals surface area contributed by atoms with Crippen LogP contribution in [0.1, 0.15) is 30.9 Å². The number of carboxylic acid groups (broad SMARTS) is 1. The highest BCUT2D eigenvalue weighted by Crippen LogP contribution is 2.26. The summed E-state index contributed by atoms with van der Waals surface area (Å²) in [7, 11) is 0. The molecule has 0 bridgehead atoms. The maximum absolute atomic E-state index is 10.6. The number of rotatable bonds is 4. The normalized spacial score (nSPS) is 15.8. The molecule has 2 rings (SSSR count). The van der Waals surface area contributed by atoms with E-state index in [1.807, 2.05) is 19.1 Å². The van der Waals surface area contributed by atoms with E-state index in [0.29, 0.717) is 0 Å². The molecule has 3 nitrogen and oxygen atoms in total. The van der Waals surface area contributed by atoms with Gasteiger partial charge in [0.1, 0.15) is 5.75 Å². The summed E-state index contributed by atoms with van der Waals surface area (Å²) in [4.78, 5) is 10.6. The summed E-state index contributed by atoms with van der Waals surface area (Å²) in [6.45, 7) is 2.78. The van der Waals surface area contributed by atoms with Gasteiger partial charge in [-0.3, -0.25) is 4.79 Å². The van der Waals surface area contributed by atoms with E-state index in [4.69, 9.17) is 9.84 Å². The Labute approximate surface area is 101 Å². The van der Waals surface area contributed by atoms with Crippen molar-refractivity contribution in [3.05, 3.63) is 29.3 Å². The number of benzene rings is 1. The minimum absolute atomic E-state index is 0.176. The Kier molecular flexibility index (Phi) is 3.67. The van der Waals surface area contributed by atoms with E-state index >= 15 is 0 Å². The van der Waals surface area contributed by atoms with Gasteiger partial charge in [-0.15, -0.1) is 0 Å². The molecule has 0 saturated carbocycles. The highest BCUT2D eigenvalue weighted by molar-refractivity contribution is 5.67. The van der Waals surface area contributed by atoms with Gasteiger partial charge in [0.25, 0.3) is 0 Å². The predicted molar refractivity (Wildman–Crippen MR) is 65.4 cm³/mol. The van der Waals surface area contributed by atoms with Gasteiger partial charge in [0.05, 0.1) is 6.61 Å². The summed E-state index contributed by atoms with van der Waals surface area (Å²) >= 11 is 0. The standard InChI is InChI=1S/C14H18O3/c1-10(8-14(15)16)7-11-4-5-13-12(9-11)3-2-6-17-13/h4-5,9-10H,2-3,6-8H2,1H3,(H,15,16). The van der Waals surface area contributed by atoms with Crippen LogP contribution < -0.4 is 4.74 Å². The molecule has 1 aliphatic heterocycles. The number of hydrogen-bond donors (Lipinski definition) is 1. The molecule has 1 N–H and O–H groups in total. The molecule has 1 heterocycles. The van der Waals surface area contributed by atoms with Crippen LogP contribution in [0.3, 0.4) is 0 Å². The van der Waals surface area contributed by atoms with Crippen molar-refractivity contribution in [3.8, 4) is 5.75 Å². The van der Waals surface area contributed by atoms with Crippen LogP contribution in [0, 0.1) is 5.92 Å². The Morgan fingerprint density at radius 2 is 2.35 bits per heavy atom. The van der Waals surface area contributed by atoms with Crippen LogP contribution in [0.5, 0.6) is 5.75 Å². The van der Waals surface area contributed by atoms with Gasteiger partial charge in [-0.1, -0.05) is 19.1 Å². The molecule has 0 amide bonds. The highest BCUT2D eigenvalue weighted by Gasteiger charge is 2.13. The van der Waals surface area contributed by atoms with E-state index in [9.17, 15) is 4.79 Å². The Hall–Kier alpha value is -1.51. The van der Waals surface area contributed by atoms with Crippen molar-refractivity contribution in [2.24, 2.45) is 5.92 Å². The topological polar surface area (TPSA) is 46.5 Å². The fraction of sp³-hybridized carbons (Fsp3) is 0.500. The molecule has 1 aliphatic rings. The largest absolute Gasteiger partial charge is 0.493 e. The lowest BCUT2D eigenvalue weighted by molar-refractivity contribution is -0.137. The van der Waals surface area contributed by atoms with E-state index in [-0.39, 0.29) is 12.3 Å². The number of ether oxygens (including phenoxy) is 1. The second-order valence-electron chi connectivity index (χ2n) is 4.80. The van der Waals surface area contributed by atoms with E-state index in [0.717, 1.165) is 31.6 Å². The zero-order valence-corrected chi connectivity index (χ0v) is 10.1. The number of carbonyl (C=O) groups is 1. The van der Waals surface area contributed by atoms with Gasteiger partial charge < -0.3 is 9.84 Å². The van der Waals surface area contributed by atoms with Crippen LogP contribution in [0.4, 0.5) is 0 Å². The molecule has 0 spiro atoms. The van der Waals surface area contributed by atoms with Gasteiger partial charge in [0.15, 0.2) is 0 Å². The quantitative estimate of drug-likeness (QED) is 0.871. The zero-order valence-electron chi connectivity index (χ0n) is 10.1. The molecule has 17 heavy (non-hydrogen) atoms. The molecule has 1 unspecified atom stereocenters. The summed E-state index contributed by atoms with van der Waals surface area (Å²) in [5.74, 6) is 0.444. The molecule has 1 aromatic rings. The van der Waals surface area contributed by atoms with Crippen LogP contribution >= 0.6 is 0 Å². The SMILES string of the molecule is CC(CC(=O)O)Cc1ccc2c(c1)CCCO2. The second-order valence-corrected chi connectivity index (χ2v) is 4.80. The van der Waals surface area contributed by atoms with E-state index in [1.165, 1.54) is 11.1 Å². The summed E-state index contributed by atoms with van der Waals surface area (Å²) in [6, 6.07) is 6.21. The molecule has 0 saturated heterocycles. The number of aryl methyl sites for hydroxylation is 1. The molecule has 1 atom stereocenters. The molecule has 3 heteroatoms. The third kappa shape index (κ3) is 3.22. The summed E-state index contributed by atoms with van der Waals surface area (Å²) < 4.78 is 5.55. The molecule has 0 radical (unpaired) electrons. The van der Waals surface area contributed by atoms with Crippen LogP contribution in [-0.2, 0) is 17.6 Å². The fourth-order valence-corrected chi connectivity index (χ4v) is 2.31. The first-order chi connectivity index (χ1) is 8.15. The van der Waals surface area contributed by atoms with Gasteiger partial charge in [0, 0.05) is 6.42 Å². The zero-order chi connectivity index (χ0) is 12.3. The Bertz CT molecular complexity index is 412. The summed E-state index contributed by atoms with van der Waals surface area (Å²) in [5.41, 5.74) is 2.47. The lowest BCUT2D eigenvalue weighted by Crippen LogP contribution is -2.10. The van der Waals surface area contributed by atoms with Crippen LogP contribution in [0.25, 0.3) is 0 Å². The average molecular weight is 234 g/mol. The van der Waals surface area contributed by atoms with Crippen molar-refractivity contribution in [1.82, 2.24) is 0 Å². The predicted octanol–water partition coefficient (Wildman–Crippen LogP) is 2.66. The monoisotopic (exact) mass is 234 g/mol. The van der Waals surface area contributed by atoms with Crippen molar-refractivity contribution in [3.63, 3.8) is 0 Å². The molecule has 0 aromatic heterocycles. The lowest BCUT2D eigenvalue weighted by Gasteiger charge is -2.18. The van der Waals surface area contributed by atoms with Crippen molar-refractivity contribution >= 4 is 5.97 Å². The Morgan fingerprint density at radius 1 is 1.53 bits per heavy atom. The maximum Gasteiger partial charge on any atom is 0.303 e. The maximum atomic E-state index is 10.6. The third-order valence-corrected chi connectivity index (χ3v) is 3.08. The number of hydrogen-bond acceptors (Lipinski definition) is 2. The van der Waals surface area contributed by atoms with Crippen molar-refractivity contribution in [1.29, 1.82) is 0 Å². The number of aliphatic carboxylic acids is 1. The molecule has 0 fully saturated rings. The first-order valence-electron chi connectivity index (χ1n) is 6.11. The van der Waals surface area contributed by atoms with Gasteiger partial charge in [-0.05, 0) is 42.4 Å². The van der Waals surface area contributed by atoms with E-state index in [1.54, 1.807) is 0 Å². The van der Waals surface area contributed by atoms with Crippen LogP contribution in [0.2, 0.25) is 0 Å². The summed E-state index contributed by atoms with van der Waals surface area (Å²) in [5, 5.41) is 8.73. The number of fused-ring (bicyclic) bond motifs is 1. The molecular weight excluding hydrogens is 216 g/mol. The third-order valence-electron chi connectivity index (χ3n) is 3.08. The molecular formula is C14H18O3. The minimum atomic E-state index is -0.723. The number of carboxylic acids is 1. The minimum Gasteiger partial charge on any atom is -0.493 e. The van der Waals surface area contributed by atoms with Crippen LogP contribution in [-0.4, -0.2) is 17.7 Å². The van der Waals surface area contributed by atoms with Crippen molar-refractivity contribution in [2.45, 2.75) is 32.6 Å². The molecule has 0 aliphatic carbocycles. The van der Waals surface area contributed by atoms with Gasteiger partial charge >= 0.3 is 5.97 Å². The lowest BCUT2D eigenvalue weighted by atomic mass is 9.95. The van der Waals surface area contributed by atoms with E-state index in [2.05, 4.69) is 6.07 Å². The summed E-state index contributed by atoms with van der Waals surface area (Å²) in [6.07, 6.45) is 3.19. The highest BCUT2D eigenvalue weighted by atomic mass is 16.5. The average Bonchev–Trinajstić information content (AvgIpc) is 2.27. The Balaban J connectivity index is 2.04. The van der Waals surface area contributed by atoms with Crippen LogP contribution in [0.15, 0.2) is 18.2 Å². The van der Waals surface area contributed by atoms with Crippen molar-refractivity contribution in [2.75, 3.05) is 6.61 Å². The van der Waals surface area contributed by atoms with Gasteiger partial charge in [-0.2, -0.15) is 0 Å².